The van der Waals surface area contributed by atoms with E-state index in [1.165, 1.54) is 0 Å². The summed E-state index contributed by atoms with van der Waals surface area (Å²) in [5.41, 5.74) is 7.36. The van der Waals surface area contributed by atoms with E-state index in [-0.39, 0.29) is 5.91 Å². The minimum Gasteiger partial charge on any atom is -0.396 e. The van der Waals surface area contributed by atoms with Gasteiger partial charge in [-0.05, 0) is 17.7 Å². The molecular weight excluding hydrogens is 252 g/mol. The highest BCUT2D eigenvalue weighted by molar-refractivity contribution is 5.78. The highest BCUT2D eigenvalue weighted by Gasteiger charge is 2.02. The summed E-state index contributed by atoms with van der Waals surface area (Å²) in [7, 11) is 0. The van der Waals surface area contributed by atoms with Crippen LogP contribution in [0.25, 0.3) is 0 Å². The Morgan fingerprint density at radius 2 is 1.90 bits per heavy atom. The molecule has 0 aliphatic rings. The number of nitrogens with one attached hydrogen (secondary N) is 2. The lowest BCUT2D eigenvalue weighted by Crippen LogP contribution is -2.30. The number of rotatable bonds is 6. The SMILES string of the molecule is Nc1cccnc1NCCNC(=O)Cc1ccccc1. The number of nitrogens with two attached hydrogens (primary N) is 1. The number of nitrogen functional groups attached to an aromatic ring is 1. The van der Waals surface area contributed by atoms with Gasteiger partial charge in [0.2, 0.25) is 5.91 Å². The van der Waals surface area contributed by atoms with Crippen LogP contribution in [0.15, 0.2) is 48.7 Å². The van der Waals surface area contributed by atoms with Gasteiger partial charge in [0.25, 0.3) is 0 Å². The Balaban J connectivity index is 1.69. The first-order valence-electron chi connectivity index (χ1n) is 6.50. The molecule has 0 atom stereocenters. The van der Waals surface area contributed by atoms with Crippen LogP contribution in [0.2, 0.25) is 0 Å². The minimum atomic E-state index is 0.00647. The predicted octanol–water partition coefficient (Wildman–Crippen LogP) is 1.43. The fourth-order valence-electron chi connectivity index (χ4n) is 1.79. The molecule has 0 aliphatic heterocycles. The lowest BCUT2D eigenvalue weighted by atomic mass is 10.1. The van der Waals surface area contributed by atoms with E-state index in [1.807, 2.05) is 30.3 Å². The molecule has 104 valence electrons. The second kappa shape index (κ2) is 7.13. The first kappa shape index (κ1) is 13.9. The van der Waals surface area contributed by atoms with Crippen molar-refractivity contribution in [3.05, 3.63) is 54.2 Å². The summed E-state index contributed by atoms with van der Waals surface area (Å²) in [5, 5.41) is 5.93. The van der Waals surface area contributed by atoms with Gasteiger partial charge in [-0.25, -0.2) is 4.98 Å². The lowest BCUT2D eigenvalue weighted by molar-refractivity contribution is -0.120. The number of benzene rings is 1. The van der Waals surface area contributed by atoms with Crippen LogP contribution in [0.3, 0.4) is 0 Å². The number of nitrogens with zero attached hydrogens (tertiary/aromatic N) is 1. The molecule has 0 radical (unpaired) electrons. The Kier molecular flexibility index (Phi) is 4.94. The van der Waals surface area contributed by atoms with Crippen LogP contribution >= 0.6 is 0 Å². The highest BCUT2D eigenvalue weighted by atomic mass is 16.1. The quantitative estimate of drug-likeness (QED) is 0.694. The molecule has 1 aromatic carbocycles. The normalized spacial score (nSPS) is 10.0. The number of carbonyl (C=O) groups is 1. The average Bonchev–Trinajstić information content (AvgIpc) is 2.46. The van der Waals surface area contributed by atoms with Crippen LogP contribution in [0.4, 0.5) is 11.5 Å². The second-order valence-corrected chi connectivity index (χ2v) is 4.38. The smallest absolute Gasteiger partial charge is 0.224 e. The number of carbonyl (C=O) groups excluding carboxylic acids is 1. The second-order valence-electron chi connectivity index (χ2n) is 4.38. The van der Waals surface area contributed by atoms with Gasteiger partial charge >= 0.3 is 0 Å². The molecule has 1 amide bonds. The fraction of sp³-hybridized carbons (Fsp3) is 0.200. The summed E-state index contributed by atoms with van der Waals surface area (Å²) in [6, 6.07) is 13.2. The van der Waals surface area contributed by atoms with Gasteiger partial charge in [-0.3, -0.25) is 4.79 Å². The molecule has 2 rings (SSSR count). The van der Waals surface area contributed by atoms with Crippen molar-refractivity contribution in [1.82, 2.24) is 10.3 Å². The minimum absolute atomic E-state index is 0.00647. The zero-order chi connectivity index (χ0) is 14.2. The fourth-order valence-corrected chi connectivity index (χ4v) is 1.79. The molecule has 4 N–H and O–H groups in total. The Hall–Kier alpha value is -2.56. The van der Waals surface area contributed by atoms with Crippen LogP contribution in [0, 0.1) is 0 Å². The van der Waals surface area contributed by atoms with E-state index in [9.17, 15) is 4.79 Å². The maximum Gasteiger partial charge on any atom is 0.224 e. The zero-order valence-electron chi connectivity index (χ0n) is 11.2. The number of amides is 1. The van der Waals surface area contributed by atoms with E-state index in [2.05, 4.69) is 15.6 Å². The van der Waals surface area contributed by atoms with Gasteiger partial charge in [-0.2, -0.15) is 0 Å². The predicted molar refractivity (Wildman–Crippen MR) is 80.3 cm³/mol. The van der Waals surface area contributed by atoms with Gasteiger partial charge in [-0.1, -0.05) is 30.3 Å². The van der Waals surface area contributed by atoms with Crippen LogP contribution in [0.1, 0.15) is 5.56 Å². The molecule has 1 heterocycles. The van der Waals surface area contributed by atoms with Crippen molar-refractivity contribution in [3.8, 4) is 0 Å². The zero-order valence-corrected chi connectivity index (χ0v) is 11.2. The Bertz CT molecular complexity index is 557. The van der Waals surface area contributed by atoms with E-state index < -0.39 is 0 Å². The summed E-state index contributed by atoms with van der Waals surface area (Å²) in [6.45, 7) is 1.11. The molecule has 0 aliphatic carbocycles. The molecule has 0 saturated heterocycles. The summed E-state index contributed by atoms with van der Waals surface area (Å²) >= 11 is 0. The Morgan fingerprint density at radius 3 is 2.65 bits per heavy atom. The van der Waals surface area contributed by atoms with Gasteiger partial charge in [0.05, 0.1) is 12.1 Å². The number of anilines is 2. The van der Waals surface area contributed by atoms with E-state index in [4.69, 9.17) is 5.73 Å². The number of hydrogen-bond donors (Lipinski definition) is 3. The van der Waals surface area contributed by atoms with E-state index in [1.54, 1.807) is 18.3 Å². The maximum absolute atomic E-state index is 11.7. The van der Waals surface area contributed by atoms with Crippen molar-refractivity contribution in [3.63, 3.8) is 0 Å². The monoisotopic (exact) mass is 270 g/mol. The molecular formula is C15H18N4O. The van der Waals surface area contributed by atoms with Crippen LogP contribution < -0.4 is 16.4 Å². The molecule has 5 heteroatoms. The van der Waals surface area contributed by atoms with Crippen molar-refractivity contribution in [2.45, 2.75) is 6.42 Å². The average molecular weight is 270 g/mol. The van der Waals surface area contributed by atoms with Crippen LogP contribution in [-0.4, -0.2) is 24.0 Å². The summed E-state index contributed by atoms with van der Waals surface area (Å²) in [4.78, 5) is 15.8. The van der Waals surface area contributed by atoms with Gasteiger partial charge < -0.3 is 16.4 Å². The largest absolute Gasteiger partial charge is 0.396 e. The third-order valence-electron chi connectivity index (χ3n) is 2.79. The summed E-state index contributed by atoms with van der Waals surface area (Å²) < 4.78 is 0. The van der Waals surface area contributed by atoms with Crippen molar-refractivity contribution >= 4 is 17.4 Å². The van der Waals surface area contributed by atoms with Crippen LogP contribution in [-0.2, 0) is 11.2 Å². The Labute approximate surface area is 118 Å². The van der Waals surface area contributed by atoms with Crippen molar-refractivity contribution in [2.24, 2.45) is 0 Å². The molecule has 0 fully saturated rings. The van der Waals surface area contributed by atoms with Gasteiger partial charge in [0, 0.05) is 19.3 Å². The van der Waals surface area contributed by atoms with E-state index in [0.717, 1.165) is 5.56 Å². The highest BCUT2D eigenvalue weighted by Crippen LogP contribution is 2.11. The van der Waals surface area contributed by atoms with Gasteiger partial charge in [0.1, 0.15) is 5.82 Å². The van der Waals surface area contributed by atoms with E-state index >= 15 is 0 Å². The molecule has 0 spiro atoms. The topological polar surface area (TPSA) is 80.0 Å². The number of hydrogen-bond acceptors (Lipinski definition) is 4. The molecule has 0 bridgehead atoms. The third-order valence-corrected chi connectivity index (χ3v) is 2.79. The van der Waals surface area contributed by atoms with Gasteiger partial charge in [0.15, 0.2) is 0 Å². The molecule has 0 unspecified atom stereocenters. The van der Waals surface area contributed by atoms with Crippen LogP contribution in [0.5, 0.6) is 0 Å². The first-order valence-corrected chi connectivity index (χ1v) is 6.50. The Morgan fingerprint density at radius 1 is 1.10 bits per heavy atom. The van der Waals surface area contributed by atoms with Crippen molar-refractivity contribution < 1.29 is 4.79 Å². The van der Waals surface area contributed by atoms with E-state index in [0.29, 0.717) is 31.0 Å². The first-order chi connectivity index (χ1) is 9.75. The van der Waals surface area contributed by atoms with Crippen molar-refractivity contribution in [2.75, 3.05) is 24.1 Å². The third kappa shape index (κ3) is 4.28. The summed E-state index contributed by atoms with van der Waals surface area (Å²) in [6.07, 6.45) is 2.07. The standard InChI is InChI=1S/C15H18N4O/c16-13-7-4-8-18-15(13)19-10-9-17-14(20)11-12-5-2-1-3-6-12/h1-8H,9-11,16H2,(H,17,20)(H,18,19). The molecule has 20 heavy (non-hydrogen) atoms. The number of pyridine rings is 1. The summed E-state index contributed by atoms with van der Waals surface area (Å²) in [5.74, 6) is 0.650. The van der Waals surface area contributed by atoms with Gasteiger partial charge in [-0.15, -0.1) is 0 Å². The molecule has 2 aromatic rings. The number of aromatic nitrogens is 1. The molecule has 0 saturated carbocycles. The van der Waals surface area contributed by atoms with Crippen molar-refractivity contribution in [1.29, 1.82) is 0 Å². The lowest BCUT2D eigenvalue weighted by Gasteiger charge is -2.09. The maximum atomic E-state index is 11.7. The molecule has 5 nitrogen and oxygen atoms in total. The molecule has 1 aromatic heterocycles.